The van der Waals surface area contributed by atoms with Crippen LogP contribution in [0.25, 0.3) is 10.1 Å². The Hall–Kier alpha value is -2.37. The molecule has 2 aromatic carbocycles. The fraction of sp³-hybridized carbons (Fsp3) is 0.375. The summed E-state index contributed by atoms with van der Waals surface area (Å²) in [6.45, 7) is 8.85. The molecule has 5 heteroatoms. The molecule has 0 atom stereocenters. The van der Waals surface area contributed by atoms with Crippen molar-refractivity contribution in [2.75, 3.05) is 44.7 Å². The highest BCUT2D eigenvalue weighted by atomic mass is 32.1. The lowest BCUT2D eigenvalue weighted by Gasteiger charge is -2.36. The minimum absolute atomic E-state index is 0.272. The maximum absolute atomic E-state index is 12.9. The van der Waals surface area contributed by atoms with Gasteiger partial charge >= 0.3 is 0 Å². The largest absolute Gasteiger partial charge is 0.495 e. The first-order chi connectivity index (χ1) is 14.1. The third-order valence-electron chi connectivity index (χ3n) is 5.80. The highest BCUT2D eigenvalue weighted by Gasteiger charge is 2.21. The van der Waals surface area contributed by atoms with E-state index in [9.17, 15) is 4.79 Å². The van der Waals surface area contributed by atoms with Crippen LogP contribution in [0.3, 0.4) is 0 Å². The maximum Gasteiger partial charge on any atom is 0.174 e. The summed E-state index contributed by atoms with van der Waals surface area (Å²) >= 11 is 1.64. The van der Waals surface area contributed by atoms with E-state index in [0.717, 1.165) is 54.6 Å². The first-order valence-electron chi connectivity index (χ1n) is 10.2. The summed E-state index contributed by atoms with van der Waals surface area (Å²) in [7, 11) is 1.72. The molecule has 4 rings (SSSR count). The van der Waals surface area contributed by atoms with Gasteiger partial charge in [0.2, 0.25) is 0 Å². The Labute approximate surface area is 176 Å². The van der Waals surface area contributed by atoms with Crippen molar-refractivity contribution in [2.24, 2.45) is 0 Å². The number of aryl methyl sites for hydroxylation is 2. The van der Waals surface area contributed by atoms with Crippen LogP contribution in [0.1, 0.15) is 27.2 Å². The standard InChI is InChI=1S/C24H28N2O2S/c1-17-8-9-23-19(16-17)18(2)24(29-23)21(27)10-11-25-12-14-26(15-13-25)20-6-4-5-7-22(20)28-3/h4-9,16H,10-15H2,1-3H3. The predicted molar refractivity (Wildman–Crippen MR) is 122 cm³/mol. The molecule has 4 nitrogen and oxygen atoms in total. The lowest BCUT2D eigenvalue weighted by molar-refractivity contribution is 0.0966. The number of rotatable bonds is 6. The van der Waals surface area contributed by atoms with Crippen molar-refractivity contribution in [1.82, 2.24) is 4.90 Å². The number of para-hydroxylation sites is 2. The van der Waals surface area contributed by atoms with E-state index in [0.29, 0.717) is 6.42 Å². The van der Waals surface area contributed by atoms with Gasteiger partial charge in [0.25, 0.3) is 0 Å². The second kappa shape index (κ2) is 8.56. The maximum atomic E-state index is 12.9. The molecule has 1 aromatic heterocycles. The molecule has 1 fully saturated rings. The second-order valence-corrected chi connectivity index (χ2v) is 8.78. The van der Waals surface area contributed by atoms with Gasteiger partial charge in [-0.25, -0.2) is 0 Å². The third-order valence-corrected chi connectivity index (χ3v) is 7.11. The summed E-state index contributed by atoms with van der Waals surface area (Å²) in [5, 5.41) is 1.23. The number of Topliss-reactive ketones (excluding diaryl/α,β-unsaturated/α-hetero) is 1. The van der Waals surface area contributed by atoms with Crippen molar-refractivity contribution < 1.29 is 9.53 Å². The Morgan fingerprint density at radius 2 is 1.83 bits per heavy atom. The molecule has 0 unspecified atom stereocenters. The number of methoxy groups -OCH3 is 1. The van der Waals surface area contributed by atoms with E-state index in [1.807, 2.05) is 12.1 Å². The molecule has 1 saturated heterocycles. The molecule has 0 radical (unpaired) electrons. The summed E-state index contributed by atoms with van der Waals surface area (Å²) < 4.78 is 6.71. The van der Waals surface area contributed by atoms with Gasteiger partial charge in [0, 0.05) is 43.8 Å². The third kappa shape index (κ3) is 4.16. The Morgan fingerprint density at radius 1 is 1.07 bits per heavy atom. The second-order valence-electron chi connectivity index (χ2n) is 7.73. The summed E-state index contributed by atoms with van der Waals surface area (Å²) in [4.78, 5) is 18.6. The summed E-state index contributed by atoms with van der Waals surface area (Å²) in [5.74, 6) is 1.19. The van der Waals surface area contributed by atoms with E-state index < -0.39 is 0 Å². The van der Waals surface area contributed by atoms with Gasteiger partial charge in [-0.1, -0.05) is 29.8 Å². The molecule has 0 bridgehead atoms. The number of thiophene rings is 1. The number of fused-ring (bicyclic) bond motifs is 1. The number of hydrogen-bond donors (Lipinski definition) is 0. The average Bonchev–Trinajstić information content (AvgIpc) is 3.08. The van der Waals surface area contributed by atoms with Crippen LogP contribution in [0.15, 0.2) is 42.5 Å². The molecule has 0 saturated carbocycles. The number of hydrogen-bond acceptors (Lipinski definition) is 5. The number of nitrogens with zero attached hydrogens (tertiary/aromatic N) is 2. The molecule has 3 aromatic rings. The smallest absolute Gasteiger partial charge is 0.174 e. The topological polar surface area (TPSA) is 32.8 Å². The predicted octanol–water partition coefficient (Wildman–Crippen LogP) is 4.92. The molecule has 0 spiro atoms. The Balaban J connectivity index is 1.35. The quantitative estimate of drug-likeness (QED) is 0.542. The van der Waals surface area contributed by atoms with Crippen LogP contribution in [-0.4, -0.2) is 50.5 Å². The Kier molecular flexibility index (Phi) is 5.88. The van der Waals surface area contributed by atoms with Gasteiger partial charge in [-0.2, -0.15) is 0 Å². The van der Waals surface area contributed by atoms with Crippen molar-refractivity contribution in [3.8, 4) is 5.75 Å². The van der Waals surface area contributed by atoms with E-state index >= 15 is 0 Å². The Bertz CT molecular complexity index is 1020. The van der Waals surface area contributed by atoms with Crippen LogP contribution >= 0.6 is 11.3 Å². The zero-order chi connectivity index (χ0) is 20.4. The SMILES string of the molecule is COc1ccccc1N1CCN(CCC(=O)c2sc3ccc(C)cc3c2C)CC1. The molecule has 1 aliphatic heterocycles. The van der Waals surface area contributed by atoms with E-state index in [4.69, 9.17) is 4.74 Å². The first-order valence-corrected chi connectivity index (χ1v) is 11.0. The molecule has 152 valence electrons. The van der Waals surface area contributed by atoms with Gasteiger partial charge < -0.3 is 9.64 Å². The van der Waals surface area contributed by atoms with Crippen LogP contribution < -0.4 is 9.64 Å². The zero-order valence-electron chi connectivity index (χ0n) is 17.4. The van der Waals surface area contributed by atoms with Gasteiger partial charge in [0.15, 0.2) is 5.78 Å². The molecule has 0 N–H and O–H groups in total. The molecule has 2 heterocycles. The molecule has 0 aliphatic carbocycles. The van der Waals surface area contributed by atoms with E-state index in [1.54, 1.807) is 18.4 Å². The van der Waals surface area contributed by atoms with Crippen LogP contribution in [0.5, 0.6) is 5.75 Å². The number of piperazine rings is 1. The zero-order valence-corrected chi connectivity index (χ0v) is 18.2. The van der Waals surface area contributed by atoms with Gasteiger partial charge in [-0.3, -0.25) is 9.69 Å². The lowest BCUT2D eigenvalue weighted by Crippen LogP contribution is -2.47. The molecule has 29 heavy (non-hydrogen) atoms. The van der Waals surface area contributed by atoms with Gasteiger partial charge in [0.1, 0.15) is 5.75 Å². The van der Waals surface area contributed by atoms with Crippen LogP contribution in [0.4, 0.5) is 5.69 Å². The van der Waals surface area contributed by atoms with Crippen molar-refractivity contribution in [3.05, 3.63) is 58.5 Å². The lowest BCUT2D eigenvalue weighted by atomic mass is 10.1. The fourth-order valence-corrected chi connectivity index (χ4v) is 5.23. The Morgan fingerprint density at radius 3 is 2.59 bits per heavy atom. The summed E-state index contributed by atoms with van der Waals surface area (Å²) in [6.07, 6.45) is 0.585. The number of anilines is 1. The monoisotopic (exact) mass is 408 g/mol. The van der Waals surface area contributed by atoms with Crippen LogP contribution in [0.2, 0.25) is 0 Å². The van der Waals surface area contributed by atoms with Gasteiger partial charge in [-0.15, -0.1) is 11.3 Å². The minimum Gasteiger partial charge on any atom is -0.495 e. The number of ketones is 1. The number of carbonyl (C=O) groups excluding carboxylic acids is 1. The highest BCUT2D eigenvalue weighted by Crippen LogP contribution is 2.32. The highest BCUT2D eigenvalue weighted by molar-refractivity contribution is 7.21. The minimum atomic E-state index is 0.272. The van der Waals surface area contributed by atoms with Crippen molar-refractivity contribution in [2.45, 2.75) is 20.3 Å². The number of ether oxygens (including phenoxy) is 1. The first kappa shape index (κ1) is 19.9. The van der Waals surface area contributed by atoms with Crippen molar-refractivity contribution >= 4 is 32.9 Å². The van der Waals surface area contributed by atoms with Crippen LogP contribution in [0, 0.1) is 13.8 Å². The van der Waals surface area contributed by atoms with Crippen molar-refractivity contribution in [3.63, 3.8) is 0 Å². The normalized spacial score (nSPS) is 15.1. The number of carbonyl (C=O) groups is 1. The number of benzene rings is 2. The van der Waals surface area contributed by atoms with Gasteiger partial charge in [-0.05, 0) is 43.0 Å². The summed E-state index contributed by atoms with van der Waals surface area (Å²) in [6, 6.07) is 14.6. The van der Waals surface area contributed by atoms with E-state index in [-0.39, 0.29) is 5.78 Å². The average molecular weight is 409 g/mol. The fourth-order valence-electron chi connectivity index (χ4n) is 4.08. The van der Waals surface area contributed by atoms with E-state index in [1.165, 1.54) is 15.6 Å². The van der Waals surface area contributed by atoms with E-state index in [2.05, 4.69) is 54.0 Å². The van der Waals surface area contributed by atoms with Crippen LogP contribution in [-0.2, 0) is 0 Å². The summed E-state index contributed by atoms with van der Waals surface area (Å²) in [5.41, 5.74) is 3.53. The molecular weight excluding hydrogens is 380 g/mol. The van der Waals surface area contributed by atoms with Crippen molar-refractivity contribution in [1.29, 1.82) is 0 Å². The molecular formula is C24H28N2O2S. The molecule has 0 amide bonds. The van der Waals surface area contributed by atoms with Gasteiger partial charge in [0.05, 0.1) is 17.7 Å². The molecule has 1 aliphatic rings.